The van der Waals surface area contributed by atoms with Gasteiger partial charge in [-0.25, -0.2) is 9.59 Å². The predicted octanol–water partition coefficient (Wildman–Crippen LogP) is 0.521. The number of phenolic OH excluding ortho intramolecular Hbond substituents is 3. The van der Waals surface area contributed by atoms with E-state index in [1.165, 1.54) is 61.5 Å². The van der Waals surface area contributed by atoms with Gasteiger partial charge in [-0.2, -0.15) is 0 Å². The van der Waals surface area contributed by atoms with Crippen LogP contribution in [0, 0.1) is 19.1 Å². The Hall–Kier alpha value is -4.37. The van der Waals surface area contributed by atoms with Crippen molar-refractivity contribution in [3.05, 3.63) is 50.7 Å². The first kappa shape index (κ1) is 83.6. The van der Waals surface area contributed by atoms with Gasteiger partial charge in [0.05, 0.1) is 75.5 Å². The number of hydrogen-bond acceptors (Lipinski definition) is 39. The van der Waals surface area contributed by atoms with Crippen LogP contribution in [0.1, 0.15) is 99.6 Å². The molecule has 110 heavy (non-hydrogen) atoms. The normalized spacial score (nSPS) is 46.0. The van der Waals surface area contributed by atoms with E-state index in [0.29, 0.717) is 0 Å². The van der Waals surface area contributed by atoms with Gasteiger partial charge in [-0.3, -0.25) is 5.23 Å². The van der Waals surface area contributed by atoms with Crippen LogP contribution >= 0.6 is 11.6 Å². The van der Waals surface area contributed by atoms with Crippen LogP contribution in [0.25, 0.3) is 0 Å². The van der Waals surface area contributed by atoms with E-state index in [-0.39, 0.29) is 89.2 Å². The summed E-state index contributed by atoms with van der Waals surface area (Å²) in [6, 6.07) is 3.56. The molecule has 0 aromatic heterocycles. The van der Waals surface area contributed by atoms with Crippen LogP contribution < -0.4 is 4.74 Å². The van der Waals surface area contributed by atoms with Crippen LogP contribution in [-0.2, 0) is 118 Å². The second kappa shape index (κ2) is 33.0. The first-order valence-electron chi connectivity index (χ1n) is 36.2. The van der Waals surface area contributed by atoms with Gasteiger partial charge in [-0.15, -0.1) is 0 Å². The zero-order valence-corrected chi connectivity index (χ0v) is 63.5. The monoisotopic (exact) mass is 1600 g/mol. The number of aliphatic hydroxyl groups is 5. The summed E-state index contributed by atoms with van der Waals surface area (Å²) in [5, 5.41) is 115. The van der Waals surface area contributed by atoms with Crippen molar-refractivity contribution in [2.75, 3.05) is 62.2 Å². The lowest BCUT2D eigenvalue weighted by molar-refractivity contribution is -0.415. The van der Waals surface area contributed by atoms with Gasteiger partial charge in [0.25, 0.3) is 5.97 Å². The molecule has 35 atom stereocenters. The van der Waals surface area contributed by atoms with Crippen LogP contribution in [0.15, 0.2) is 18.2 Å². The molecular weight excluding hydrogens is 1500 g/mol. The van der Waals surface area contributed by atoms with E-state index in [4.69, 9.17) is 135 Å². The minimum absolute atomic E-state index is 0.0968. The molecule has 13 rings (SSSR count). The van der Waals surface area contributed by atoms with Gasteiger partial charge in [0.2, 0.25) is 0 Å². The molecule has 11 aliphatic heterocycles. The summed E-state index contributed by atoms with van der Waals surface area (Å²) < 4.78 is 160. The number of fused-ring (bicyclic) bond motifs is 4. The Balaban J connectivity index is 0.642. The van der Waals surface area contributed by atoms with E-state index in [2.05, 4.69) is 0 Å². The first-order chi connectivity index (χ1) is 52.1. The maximum Gasteiger partial charge on any atom is 0.342 e. The number of aliphatic hydroxyl groups excluding tert-OH is 5. The number of hydrogen-bond donors (Lipinski definition) is 9. The van der Waals surface area contributed by atoms with E-state index < -0.39 is 238 Å². The maximum absolute atomic E-state index is 14.2. The number of rotatable bonds is 21. The third-order valence-corrected chi connectivity index (χ3v) is 22.7. The lowest BCUT2D eigenvalue weighted by atomic mass is 9.85. The molecule has 2 spiro atoms. The molecule has 0 amide bonds. The smallest absolute Gasteiger partial charge is 0.342 e. The molecule has 0 aliphatic carbocycles. The SMILES string of the molecule is COC[C@H]1O[C@@H](O[C@@H]2OC[C@@H]3O[C@@]4(OC[C@@H](OC(=O)c5c(C)cc(O)cc5O)[C@@H]5OCO[C@H]54)O[C@H]3[C@H]2O)[C@@H](OC)[C@@H](O)[C@@H]1O[C@@H]1O[C@H](C)[C@H](OC)[C@H](O[C@@H]2O[C@H](C)[C@H]3O[C@]4(C[C@@H](O)[C@H](O[C@H]5C[C@@H](O[C@H]6C[C@](C)(N([O-])O)[C@@H](OC)[C@H](C)O6)[C@H](OC(=O)c6c(C)cc(O)c(Cl)c6OC)[C@@H](C)O5)[C@@H](C)O4)O[C@]3(C)[C@@H]2O)[C@H]1O. The Morgan fingerprint density at radius 1 is 0.600 bits per heavy atom. The van der Waals surface area contributed by atoms with Gasteiger partial charge in [-0.1, -0.05) is 11.6 Å². The average Bonchev–Trinajstić information content (AvgIpc) is 1.56. The topological polar surface area (TPSA) is 482 Å². The highest BCUT2D eigenvalue weighted by Crippen LogP contribution is 2.53. The van der Waals surface area contributed by atoms with Crippen LogP contribution in [0.4, 0.5) is 0 Å². The number of aromatic hydroxyl groups is 3. The van der Waals surface area contributed by atoms with E-state index in [1.54, 1.807) is 48.5 Å². The predicted molar refractivity (Wildman–Crippen MR) is 358 cm³/mol. The highest BCUT2D eigenvalue weighted by atomic mass is 35.5. The molecule has 11 heterocycles. The van der Waals surface area contributed by atoms with Crippen molar-refractivity contribution in [1.82, 2.24) is 5.23 Å². The molecule has 0 radical (unpaired) electrons. The fraction of sp³-hybridized carbons (Fsp3) is 0.800. The summed E-state index contributed by atoms with van der Waals surface area (Å²) in [4.78, 5) is 27.5. The molecule has 0 unspecified atom stereocenters. The van der Waals surface area contributed by atoms with Gasteiger partial charge in [0.1, 0.15) is 143 Å². The summed E-state index contributed by atoms with van der Waals surface area (Å²) in [6.45, 7) is 13.0. The molecule has 0 bridgehead atoms. The number of carbonyl (C=O) groups excluding carboxylic acids is 2. The van der Waals surface area contributed by atoms with Crippen molar-refractivity contribution in [3.63, 3.8) is 0 Å². The lowest BCUT2D eigenvalue weighted by Gasteiger charge is -2.53. The summed E-state index contributed by atoms with van der Waals surface area (Å²) in [5.41, 5.74) is -3.08. The van der Waals surface area contributed by atoms with E-state index in [0.717, 1.165) is 6.07 Å². The second-order valence-corrected chi connectivity index (χ2v) is 30.2. The van der Waals surface area contributed by atoms with Gasteiger partial charge < -0.3 is 174 Å². The molecule has 0 saturated carbocycles. The van der Waals surface area contributed by atoms with Crippen LogP contribution in [-0.4, -0.2) is 339 Å². The number of nitrogens with zero attached hydrogens (tertiary/aromatic N) is 1. The van der Waals surface area contributed by atoms with Crippen molar-refractivity contribution in [3.8, 4) is 23.0 Å². The largest absolute Gasteiger partial charge is 0.762 e. The van der Waals surface area contributed by atoms with Gasteiger partial charge >= 0.3 is 17.9 Å². The summed E-state index contributed by atoms with van der Waals surface area (Å²) >= 11 is 6.37. The minimum Gasteiger partial charge on any atom is -0.762 e. The van der Waals surface area contributed by atoms with Gasteiger partial charge in [-0.05, 0) is 85.6 Å². The molecule has 9 N–H and O–H groups in total. The summed E-state index contributed by atoms with van der Waals surface area (Å²) in [6.07, 6.45) is -40.1. The quantitative estimate of drug-likeness (QED) is 0.0608. The molecule has 40 heteroatoms. The van der Waals surface area contributed by atoms with Gasteiger partial charge in [0, 0.05) is 47.3 Å². The number of ether oxygens (including phenoxy) is 26. The Bertz CT molecular complexity index is 3520. The van der Waals surface area contributed by atoms with Crippen molar-refractivity contribution >= 4 is 23.5 Å². The number of benzene rings is 2. The third kappa shape index (κ3) is 15.5. The highest BCUT2D eigenvalue weighted by molar-refractivity contribution is 6.34. The number of esters is 2. The van der Waals surface area contributed by atoms with E-state index >= 15 is 0 Å². The maximum atomic E-state index is 14.2. The Morgan fingerprint density at radius 2 is 1.29 bits per heavy atom. The number of hydroxylamine groups is 2. The number of halogens is 1. The summed E-state index contributed by atoms with van der Waals surface area (Å²) in [7, 11) is 6.61. The molecule has 11 aliphatic rings. The molecule has 2 aromatic rings. The first-order valence-corrected chi connectivity index (χ1v) is 36.6. The Kier molecular flexibility index (Phi) is 25.0. The molecule has 11 saturated heterocycles. The van der Waals surface area contributed by atoms with Gasteiger partial charge in [0.15, 0.2) is 61.8 Å². The van der Waals surface area contributed by atoms with E-state index in [9.17, 15) is 60.9 Å². The fourth-order valence-corrected chi connectivity index (χ4v) is 17.2. The molecule has 620 valence electrons. The Morgan fingerprint density at radius 3 is 1.97 bits per heavy atom. The van der Waals surface area contributed by atoms with Crippen molar-refractivity contribution in [1.29, 1.82) is 0 Å². The van der Waals surface area contributed by atoms with Crippen molar-refractivity contribution in [2.24, 2.45) is 0 Å². The van der Waals surface area contributed by atoms with E-state index in [1.807, 2.05) is 0 Å². The zero-order valence-electron chi connectivity index (χ0n) is 62.8. The second-order valence-electron chi connectivity index (χ2n) is 29.8. The third-order valence-electron chi connectivity index (χ3n) is 22.4. The number of aryl methyl sites for hydroxylation is 2. The van der Waals surface area contributed by atoms with Crippen LogP contribution in [0.2, 0.25) is 5.02 Å². The standard InChI is InChI=1S/C70H99ClNO38/c1-25-15-32(73)17-33(74)42(25)61(81)99-38-23-93-70(60-53(38)91-24-92-60)107-39-22-90-63(46(78)52(39)108-70)105-65-56(88-13)45(77)51(37(100-65)21-85-10)103-64-47(79)55(50(86-11)28(4)96-64)104-66-57(80)68(9)59(31(7)97-66)109-69(110-68)19-35(76)48(29(5)106-69)101-40-18-36(98-41-20-67(8,72(83)84)58(89-14)30(6)95-41)49(27(3)94-40)102-62(82)43-26(2)16-34(75)44(71)54(43)87-12/h15-17,27-31,35-41,45-53,55-60,63-66,73-80,83H,18-24H2,1-14H3/q-1/t27-,28-,29-,30+,31-,35-,36-,37-,38-,39+,40+,41+,45+,46-,47-,48-,49-,50+,51-,52-,53+,55-,56+,57-,58+,59-,60-,63+,64+,65+,66+,67+,68-,69-,70-/m1/s1. The van der Waals surface area contributed by atoms with Crippen molar-refractivity contribution in [2.45, 2.75) is 295 Å². The number of carbonyl (C=O) groups is 2. The molecule has 39 nitrogen and oxygen atoms in total. The van der Waals surface area contributed by atoms with Crippen LogP contribution in [0.3, 0.4) is 0 Å². The zero-order chi connectivity index (χ0) is 79.3. The minimum atomic E-state index is -2.05. The average molecular weight is 1600 g/mol. The molecule has 11 fully saturated rings. The summed E-state index contributed by atoms with van der Waals surface area (Å²) in [5.74, 6) is -7.15. The fourth-order valence-electron chi connectivity index (χ4n) is 17.0. The number of phenols is 3. The Labute approximate surface area is 636 Å². The van der Waals surface area contributed by atoms with Crippen LogP contribution in [0.5, 0.6) is 23.0 Å². The molecular formula is C70H99ClNO38-. The molecule has 2 aromatic carbocycles. The highest BCUT2D eigenvalue weighted by Gasteiger charge is 2.70. The number of methoxy groups -OCH3 is 5. The van der Waals surface area contributed by atoms with Crippen molar-refractivity contribution < 1.29 is 179 Å². The lowest BCUT2D eigenvalue weighted by Crippen LogP contribution is -2.68.